The maximum atomic E-state index is 10.2. The van der Waals surface area contributed by atoms with Crippen molar-refractivity contribution in [3.05, 3.63) is 30.1 Å². The lowest BCUT2D eigenvalue weighted by molar-refractivity contribution is 0.0407. The number of hydrogen-bond acceptors (Lipinski definition) is 3. The van der Waals surface area contributed by atoms with Crippen LogP contribution in [0.4, 0.5) is 0 Å². The van der Waals surface area contributed by atoms with Gasteiger partial charge >= 0.3 is 0 Å². The zero-order chi connectivity index (χ0) is 11.5. The van der Waals surface area contributed by atoms with Gasteiger partial charge in [-0.2, -0.15) is 0 Å². The molecular formula is C12H20N2O. The monoisotopic (exact) mass is 208 g/mol. The fraction of sp³-hybridized carbons (Fsp3) is 0.583. The summed E-state index contributed by atoms with van der Waals surface area (Å²) in [6, 6.07) is 3.83. The fourth-order valence-electron chi connectivity index (χ4n) is 1.65. The highest BCUT2D eigenvalue weighted by Crippen LogP contribution is 2.30. The Balaban J connectivity index is 2.90. The highest BCUT2D eigenvalue weighted by atomic mass is 16.3. The molecule has 0 saturated heterocycles. The molecule has 1 aromatic rings. The summed E-state index contributed by atoms with van der Waals surface area (Å²) in [5, 5.41) is 10.2. The average molecular weight is 208 g/mol. The van der Waals surface area contributed by atoms with Gasteiger partial charge in [0.1, 0.15) is 0 Å². The summed E-state index contributed by atoms with van der Waals surface area (Å²) in [5.74, 6) is -0.0429. The van der Waals surface area contributed by atoms with Crippen molar-refractivity contribution >= 4 is 0 Å². The predicted molar refractivity (Wildman–Crippen MR) is 61.5 cm³/mol. The Bertz CT molecular complexity index is 292. The summed E-state index contributed by atoms with van der Waals surface area (Å²) in [6.45, 7) is 6.47. The van der Waals surface area contributed by atoms with Crippen LogP contribution >= 0.6 is 0 Å². The van der Waals surface area contributed by atoms with E-state index in [1.54, 1.807) is 12.4 Å². The van der Waals surface area contributed by atoms with Crippen molar-refractivity contribution in [1.82, 2.24) is 4.98 Å². The minimum atomic E-state index is -0.452. The van der Waals surface area contributed by atoms with Crippen molar-refractivity contribution in [2.45, 2.75) is 32.8 Å². The molecule has 0 spiro atoms. The third kappa shape index (κ3) is 3.01. The topological polar surface area (TPSA) is 59.1 Å². The van der Waals surface area contributed by atoms with Crippen LogP contribution in [-0.2, 0) is 0 Å². The van der Waals surface area contributed by atoms with Gasteiger partial charge < -0.3 is 10.8 Å². The number of nitrogens with zero attached hydrogens (tertiary/aromatic N) is 1. The van der Waals surface area contributed by atoms with E-state index in [2.05, 4.69) is 4.98 Å². The lowest BCUT2D eigenvalue weighted by Gasteiger charge is -2.32. The molecule has 84 valence electrons. The quantitative estimate of drug-likeness (QED) is 0.792. The maximum Gasteiger partial charge on any atom is 0.0669 e. The maximum absolute atomic E-state index is 10.2. The van der Waals surface area contributed by atoms with Gasteiger partial charge in [-0.25, -0.2) is 0 Å². The standard InChI is InChI=1S/C12H20N2O/c1-12(2,3)11(15)10(7-13)9-5-4-6-14-8-9/h4-6,8,10-11,15H,7,13H2,1-3H3. The number of rotatable bonds is 3. The van der Waals surface area contributed by atoms with Gasteiger partial charge in [-0.05, 0) is 17.0 Å². The van der Waals surface area contributed by atoms with Crippen molar-refractivity contribution in [2.24, 2.45) is 11.1 Å². The minimum Gasteiger partial charge on any atom is -0.392 e. The SMILES string of the molecule is CC(C)(C)C(O)C(CN)c1cccnc1. The Morgan fingerprint density at radius 1 is 1.47 bits per heavy atom. The van der Waals surface area contributed by atoms with Crippen LogP contribution in [0.3, 0.4) is 0 Å². The third-order valence-corrected chi connectivity index (χ3v) is 2.63. The number of pyridine rings is 1. The molecule has 0 bridgehead atoms. The largest absolute Gasteiger partial charge is 0.392 e. The molecule has 15 heavy (non-hydrogen) atoms. The Hall–Kier alpha value is -0.930. The minimum absolute atomic E-state index is 0.0429. The van der Waals surface area contributed by atoms with Gasteiger partial charge in [0.25, 0.3) is 0 Å². The van der Waals surface area contributed by atoms with E-state index in [-0.39, 0.29) is 11.3 Å². The lowest BCUT2D eigenvalue weighted by Crippen LogP contribution is -2.36. The zero-order valence-corrected chi connectivity index (χ0v) is 9.64. The van der Waals surface area contributed by atoms with Gasteiger partial charge in [-0.3, -0.25) is 4.98 Å². The third-order valence-electron chi connectivity index (χ3n) is 2.63. The summed E-state index contributed by atoms with van der Waals surface area (Å²) in [4.78, 5) is 4.05. The molecule has 1 rings (SSSR count). The van der Waals surface area contributed by atoms with Crippen LogP contribution in [-0.4, -0.2) is 22.7 Å². The molecule has 1 aromatic heterocycles. The number of aromatic nitrogens is 1. The number of aliphatic hydroxyl groups excluding tert-OH is 1. The summed E-state index contributed by atoms with van der Waals surface area (Å²) >= 11 is 0. The number of hydrogen-bond donors (Lipinski definition) is 2. The average Bonchev–Trinajstić information content (AvgIpc) is 2.19. The second-order valence-electron chi connectivity index (χ2n) is 4.94. The van der Waals surface area contributed by atoms with Gasteiger partial charge in [0.05, 0.1) is 6.10 Å². The van der Waals surface area contributed by atoms with Crippen LogP contribution in [0.25, 0.3) is 0 Å². The van der Waals surface area contributed by atoms with E-state index in [0.717, 1.165) is 5.56 Å². The van der Waals surface area contributed by atoms with E-state index in [1.165, 1.54) is 0 Å². The molecule has 0 aromatic carbocycles. The molecule has 0 radical (unpaired) electrons. The Morgan fingerprint density at radius 2 is 2.13 bits per heavy atom. The molecule has 2 unspecified atom stereocenters. The molecule has 2 atom stereocenters. The van der Waals surface area contributed by atoms with Crippen LogP contribution in [0, 0.1) is 5.41 Å². The summed E-state index contributed by atoms with van der Waals surface area (Å²) in [5.41, 5.74) is 6.55. The van der Waals surface area contributed by atoms with Crippen LogP contribution < -0.4 is 5.73 Å². The van der Waals surface area contributed by atoms with E-state index in [0.29, 0.717) is 6.54 Å². The molecule has 0 aliphatic rings. The van der Waals surface area contributed by atoms with Crippen LogP contribution in [0.5, 0.6) is 0 Å². The van der Waals surface area contributed by atoms with Crippen LogP contribution in [0.2, 0.25) is 0 Å². The summed E-state index contributed by atoms with van der Waals surface area (Å²) < 4.78 is 0. The molecule has 1 heterocycles. The highest BCUT2D eigenvalue weighted by molar-refractivity contribution is 5.17. The number of nitrogens with two attached hydrogens (primary N) is 1. The van der Waals surface area contributed by atoms with Gasteiger partial charge in [0, 0.05) is 24.9 Å². The van der Waals surface area contributed by atoms with E-state index >= 15 is 0 Å². The molecular weight excluding hydrogens is 188 g/mol. The molecule has 0 fully saturated rings. The molecule has 3 N–H and O–H groups in total. The Kier molecular flexibility index (Phi) is 3.83. The second-order valence-corrected chi connectivity index (χ2v) is 4.94. The smallest absolute Gasteiger partial charge is 0.0669 e. The first-order valence-corrected chi connectivity index (χ1v) is 5.25. The number of aliphatic hydroxyl groups is 1. The van der Waals surface area contributed by atoms with E-state index in [9.17, 15) is 5.11 Å². The first-order valence-electron chi connectivity index (χ1n) is 5.25. The van der Waals surface area contributed by atoms with Crippen molar-refractivity contribution in [1.29, 1.82) is 0 Å². The lowest BCUT2D eigenvalue weighted by atomic mass is 9.79. The zero-order valence-electron chi connectivity index (χ0n) is 9.64. The Labute approximate surface area is 91.3 Å². The van der Waals surface area contributed by atoms with Gasteiger partial charge in [0.15, 0.2) is 0 Å². The van der Waals surface area contributed by atoms with Gasteiger partial charge in [-0.15, -0.1) is 0 Å². The molecule has 0 aliphatic carbocycles. The Morgan fingerprint density at radius 3 is 2.53 bits per heavy atom. The highest BCUT2D eigenvalue weighted by Gasteiger charge is 2.30. The summed E-state index contributed by atoms with van der Waals surface area (Å²) in [7, 11) is 0. The molecule has 3 heteroatoms. The summed E-state index contributed by atoms with van der Waals surface area (Å²) in [6.07, 6.45) is 3.04. The molecule has 0 saturated carbocycles. The molecule has 0 aliphatic heterocycles. The van der Waals surface area contributed by atoms with Crippen LogP contribution in [0.15, 0.2) is 24.5 Å². The first kappa shape index (κ1) is 12.1. The van der Waals surface area contributed by atoms with Crippen molar-refractivity contribution < 1.29 is 5.11 Å². The molecule has 3 nitrogen and oxygen atoms in total. The van der Waals surface area contributed by atoms with E-state index in [1.807, 2.05) is 32.9 Å². The second kappa shape index (κ2) is 4.73. The van der Waals surface area contributed by atoms with E-state index in [4.69, 9.17) is 5.73 Å². The van der Waals surface area contributed by atoms with Crippen molar-refractivity contribution in [3.8, 4) is 0 Å². The fourth-order valence-corrected chi connectivity index (χ4v) is 1.65. The normalized spacial score (nSPS) is 16.1. The van der Waals surface area contributed by atoms with E-state index < -0.39 is 6.10 Å². The van der Waals surface area contributed by atoms with Crippen molar-refractivity contribution in [2.75, 3.05) is 6.54 Å². The predicted octanol–water partition coefficient (Wildman–Crippen LogP) is 1.53. The van der Waals surface area contributed by atoms with Crippen molar-refractivity contribution in [3.63, 3.8) is 0 Å². The van der Waals surface area contributed by atoms with Gasteiger partial charge in [0.2, 0.25) is 0 Å². The van der Waals surface area contributed by atoms with Crippen LogP contribution in [0.1, 0.15) is 32.3 Å². The van der Waals surface area contributed by atoms with Gasteiger partial charge in [-0.1, -0.05) is 26.8 Å². The molecule has 0 amide bonds. The first-order chi connectivity index (χ1) is 6.96.